The lowest BCUT2D eigenvalue weighted by Gasteiger charge is -2.44. The second-order valence-electron chi connectivity index (χ2n) is 11.5. The number of carbonyl (C=O) groups excluding carboxylic acids is 1. The Bertz CT molecular complexity index is 693. The molecule has 0 heterocycles. The van der Waals surface area contributed by atoms with Crippen LogP contribution in [0.25, 0.3) is 0 Å². The summed E-state index contributed by atoms with van der Waals surface area (Å²) < 4.78 is 0. The van der Waals surface area contributed by atoms with Crippen molar-refractivity contribution in [2.45, 2.75) is 105 Å². The van der Waals surface area contributed by atoms with Crippen molar-refractivity contribution in [3.63, 3.8) is 0 Å². The normalized spacial score (nSPS) is 35.8. The Labute approximate surface area is 186 Å². The number of fused-ring (bicyclic) bond motifs is 1. The third-order valence-corrected chi connectivity index (χ3v) is 8.95. The molecule has 0 aromatic carbocycles. The zero-order valence-electron chi connectivity index (χ0n) is 20.4. The van der Waals surface area contributed by atoms with E-state index < -0.39 is 0 Å². The second-order valence-corrected chi connectivity index (χ2v) is 11.5. The lowest BCUT2D eigenvalue weighted by molar-refractivity contribution is -0.121. The lowest BCUT2D eigenvalue weighted by atomic mass is 9.60. The number of allylic oxidation sites excluding steroid dienone is 5. The third kappa shape index (κ3) is 5.20. The predicted octanol–water partition coefficient (Wildman–Crippen LogP) is 8.46. The molecule has 0 N–H and O–H groups in total. The Balaban J connectivity index is 1.71. The molecule has 0 spiro atoms. The average molecular weight is 411 g/mol. The summed E-state index contributed by atoms with van der Waals surface area (Å²) in [4.78, 5) is 11.9. The minimum Gasteiger partial charge on any atom is -0.300 e. The summed E-state index contributed by atoms with van der Waals surface area (Å²) in [6.07, 6.45) is 18.6. The molecule has 5 atom stereocenters. The van der Waals surface area contributed by atoms with Crippen LogP contribution in [0.5, 0.6) is 0 Å². The van der Waals surface area contributed by atoms with E-state index >= 15 is 0 Å². The smallest absolute Gasteiger partial charge is 0.133 e. The molecule has 0 saturated heterocycles. The minimum atomic E-state index is 0.208. The van der Waals surface area contributed by atoms with Crippen molar-refractivity contribution in [2.75, 3.05) is 0 Å². The van der Waals surface area contributed by atoms with Gasteiger partial charge in [-0.1, -0.05) is 76.8 Å². The molecule has 1 nitrogen and oxygen atoms in total. The van der Waals surface area contributed by atoms with Crippen LogP contribution in [0.2, 0.25) is 0 Å². The molecule has 1 unspecified atom stereocenters. The number of carbonyl (C=O) groups is 1. The molecule has 30 heavy (non-hydrogen) atoms. The topological polar surface area (TPSA) is 17.1 Å². The maximum atomic E-state index is 11.9. The first-order chi connectivity index (χ1) is 14.2. The van der Waals surface area contributed by atoms with Crippen LogP contribution in [0.3, 0.4) is 0 Å². The Morgan fingerprint density at radius 3 is 2.60 bits per heavy atom. The van der Waals surface area contributed by atoms with Crippen LogP contribution in [0, 0.1) is 35.0 Å². The van der Waals surface area contributed by atoms with Crippen molar-refractivity contribution >= 4 is 5.78 Å². The largest absolute Gasteiger partial charge is 0.300 e. The molecule has 168 valence electrons. The molecule has 3 aliphatic carbocycles. The van der Waals surface area contributed by atoms with E-state index in [0.717, 1.165) is 42.9 Å². The van der Waals surface area contributed by atoms with Crippen molar-refractivity contribution in [3.05, 3.63) is 35.5 Å². The number of hydrogen-bond acceptors (Lipinski definition) is 1. The summed E-state index contributed by atoms with van der Waals surface area (Å²) in [6, 6.07) is 0. The molecule has 0 amide bonds. The van der Waals surface area contributed by atoms with Gasteiger partial charge in [-0.15, -0.1) is 0 Å². The first-order valence-corrected chi connectivity index (χ1v) is 12.8. The Kier molecular flexibility index (Phi) is 7.86. The van der Waals surface area contributed by atoms with Gasteiger partial charge in [0.15, 0.2) is 0 Å². The SMILES string of the molecule is C=C1CC[C@H](C(C)=O)C/C1=C\C=C1/CCC[C@@]2(C)C1CC[C@@H]2[C@H](C)CCCC(C)C. The number of ketones is 1. The van der Waals surface area contributed by atoms with Crippen LogP contribution in [0.15, 0.2) is 35.5 Å². The summed E-state index contributed by atoms with van der Waals surface area (Å²) in [5.41, 5.74) is 4.76. The van der Waals surface area contributed by atoms with Crippen LogP contribution in [-0.2, 0) is 4.79 Å². The van der Waals surface area contributed by atoms with Gasteiger partial charge in [0.2, 0.25) is 0 Å². The fourth-order valence-corrected chi connectivity index (χ4v) is 7.02. The van der Waals surface area contributed by atoms with Gasteiger partial charge >= 0.3 is 0 Å². The van der Waals surface area contributed by atoms with Gasteiger partial charge in [-0.25, -0.2) is 0 Å². The molecule has 0 bridgehead atoms. The van der Waals surface area contributed by atoms with Crippen molar-refractivity contribution in [3.8, 4) is 0 Å². The molecule has 1 heteroatoms. The standard InChI is InChI=1S/C29H46O/c1-20(2)9-7-10-22(4)27-16-17-28-24(11-8-18-29(27,28)6)14-15-25-19-26(23(5)30)13-12-21(25)3/h14-15,20,22,26-28H,3,7-13,16-19H2,1-2,4-6H3/b24-14+,25-15+/t22-,26+,27-,28?,29-/m1/s1. The van der Waals surface area contributed by atoms with Crippen molar-refractivity contribution in [1.29, 1.82) is 0 Å². The molecule has 0 aromatic heterocycles. The maximum absolute atomic E-state index is 11.9. The first kappa shape index (κ1) is 23.6. The summed E-state index contributed by atoms with van der Waals surface area (Å²) in [7, 11) is 0. The highest BCUT2D eigenvalue weighted by Gasteiger charge is 2.50. The summed E-state index contributed by atoms with van der Waals surface area (Å²) in [6.45, 7) is 15.9. The highest BCUT2D eigenvalue weighted by atomic mass is 16.1. The number of hydrogen-bond donors (Lipinski definition) is 0. The minimum absolute atomic E-state index is 0.208. The van der Waals surface area contributed by atoms with Crippen LogP contribution < -0.4 is 0 Å². The van der Waals surface area contributed by atoms with E-state index in [1.807, 2.05) is 0 Å². The molecule has 3 fully saturated rings. The monoisotopic (exact) mass is 410 g/mol. The van der Waals surface area contributed by atoms with Gasteiger partial charge in [0.1, 0.15) is 5.78 Å². The van der Waals surface area contributed by atoms with E-state index in [9.17, 15) is 4.79 Å². The Morgan fingerprint density at radius 1 is 1.13 bits per heavy atom. The van der Waals surface area contributed by atoms with Gasteiger partial charge in [-0.3, -0.25) is 4.79 Å². The predicted molar refractivity (Wildman–Crippen MR) is 129 cm³/mol. The molecule has 3 rings (SSSR count). The zero-order valence-corrected chi connectivity index (χ0v) is 20.4. The van der Waals surface area contributed by atoms with Crippen LogP contribution in [-0.4, -0.2) is 5.78 Å². The van der Waals surface area contributed by atoms with Crippen LogP contribution in [0.1, 0.15) is 105 Å². The van der Waals surface area contributed by atoms with Gasteiger partial charge in [0.25, 0.3) is 0 Å². The van der Waals surface area contributed by atoms with E-state index in [0.29, 0.717) is 11.2 Å². The molecule has 0 aromatic rings. The van der Waals surface area contributed by atoms with Gasteiger partial charge in [-0.2, -0.15) is 0 Å². The van der Waals surface area contributed by atoms with Gasteiger partial charge in [0.05, 0.1) is 0 Å². The van der Waals surface area contributed by atoms with E-state index in [1.165, 1.54) is 62.5 Å². The van der Waals surface area contributed by atoms with Crippen molar-refractivity contribution < 1.29 is 4.79 Å². The first-order valence-electron chi connectivity index (χ1n) is 12.8. The summed E-state index contributed by atoms with van der Waals surface area (Å²) in [5.74, 6) is 3.89. The molecule has 3 saturated carbocycles. The Hall–Kier alpha value is -1.11. The fourth-order valence-electron chi connectivity index (χ4n) is 7.02. The van der Waals surface area contributed by atoms with Crippen molar-refractivity contribution in [1.82, 2.24) is 0 Å². The van der Waals surface area contributed by atoms with Crippen molar-refractivity contribution in [2.24, 2.45) is 35.0 Å². The Morgan fingerprint density at radius 2 is 1.90 bits per heavy atom. The average Bonchev–Trinajstić information content (AvgIpc) is 3.04. The van der Waals surface area contributed by atoms with E-state index in [2.05, 4.69) is 46.4 Å². The number of rotatable bonds is 7. The highest BCUT2D eigenvalue weighted by molar-refractivity contribution is 5.79. The molecular formula is C29H46O. The maximum Gasteiger partial charge on any atom is 0.133 e. The van der Waals surface area contributed by atoms with Gasteiger partial charge in [-0.05, 0) is 93.0 Å². The second kappa shape index (κ2) is 10.0. The van der Waals surface area contributed by atoms with Crippen LogP contribution in [0.4, 0.5) is 0 Å². The van der Waals surface area contributed by atoms with Crippen LogP contribution >= 0.6 is 0 Å². The highest BCUT2D eigenvalue weighted by Crippen LogP contribution is 2.60. The fraction of sp³-hybridized carbons (Fsp3) is 0.759. The van der Waals surface area contributed by atoms with Gasteiger partial charge < -0.3 is 0 Å². The molecular weight excluding hydrogens is 364 g/mol. The summed E-state index contributed by atoms with van der Waals surface area (Å²) >= 11 is 0. The van der Waals surface area contributed by atoms with E-state index in [-0.39, 0.29) is 5.92 Å². The zero-order chi connectivity index (χ0) is 21.9. The lowest BCUT2D eigenvalue weighted by Crippen LogP contribution is -2.36. The van der Waals surface area contributed by atoms with Gasteiger partial charge in [0, 0.05) is 5.92 Å². The molecule has 0 radical (unpaired) electrons. The van der Waals surface area contributed by atoms with E-state index in [4.69, 9.17) is 0 Å². The summed E-state index contributed by atoms with van der Waals surface area (Å²) in [5, 5.41) is 0. The quantitative estimate of drug-likeness (QED) is 0.411. The third-order valence-electron chi connectivity index (χ3n) is 8.95. The molecule has 3 aliphatic rings. The number of Topliss-reactive ketones (excluding diaryl/α,β-unsaturated/α-hetero) is 1. The van der Waals surface area contributed by atoms with E-state index in [1.54, 1.807) is 12.5 Å². The molecule has 0 aliphatic heterocycles.